The van der Waals surface area contributed by atoms with Crippen molar-refractivity contribution in [2.24, 2.45) is 0 Å². The van der Waals surface area contributed by atoms with Gasteiger partial charge in [-0.1, -0.05) is 30.3 Å². The second-order valence-electron chi connectivity index (χ2n) is 7.23. The van der Waals surface area contributed by atoms with Crippen molar-refractivity contribution in [1.29, 1.82) is 0 Å². The summed E-state index contributed by atoms with van der Waals surface area (Å²) in [4.78, 5) is 24.5. The smallest absolute Gasteiger partial charge is 0.273 e. The van der Waals surface area contributed by atoms with E-state index in [1.807, 2.05) is 79.2 Å². The van der Waals surface area contributed by atoms with Crippen LogP contribution < -0.4 is 10.9 Å². The molecule has 2 aromatic heterocycles. The molecular formula is C23H23N5O2. The second kappa shape index (κ2) is 8.24. The molecule has 0 atom stereocenters. The first kappa shape index (κ1) is 19.4. The van der Waals surface area contributed by atoms with E-state index in [2.05, 4.69) is 15.5 Å². The number of para-hydroxylation sites is 1. The molecule has 1 amide bonds. The number of aromatic nitrogens is 4. The molecule has 0 unspecified atom stereocenters. The Hall–Kier alpha value is -3.87. The summed E-state index contributed by atoms with van der Waals surface area (Å²) in [5.41, 5.74) is 4.60. The Bertz CT molecular complexity index is 1220. The maximum Gasteiger partial charge on any atom is 0.273 e. The highest BCUT2D eigenvalue weighted by Crippen LogP contribution is 2.14. The van der Waals surface area contributed by atoms with Crippen LogP contribution in [0.2, 0.25) is 0 Å². The molecule has 2 heterocycles. The largest absolute Gasteiger partial charge is 0.311 e. The van der Waals surface area contributed by atoms with Gasteiger partial charge in [0.1, 0.15) is 5.82 Å². The maximum absolute atomic E-state index is 12.3. The number of carbonyl (C=O) groups excluding carboxylic acids is 1. The highest BCUT2D eigenvalue weighted by molar-refractivity contribution is 5.89. The molecule has 0 bridgehead atoms. The molecule has 7 nitrogen and oxygen atoms in total. The molecule has 152 valence electrons. The number of aryl methyl sites for hydroxylation is 3. The maximum atomic E-state index is 12.3. The number of nitrogens with zero attached hydrogens (tertiary/aromatic N) is 3. The van der Waals surface area contributed by atoms with Crippen molar-refractivity contribution in [1.82, 2.24) is 19.6 Å². The number of H-pyrrole nitrogens is 1. The molecular weight excluding hydrogens is 378 g/mol. The molecule has 7 heteroatoms. The highest BCUT2D eigenvalue weighted by Gasteiger charge is 2.09. The molecule has 0 saturated heterocycles. The number of aromatic amines is 1. The highest BCUT2D eigenvalue weighted by atomic mass is 16.2. The first-order valence-corrected chi connectivity index (χ1v) is 9.79. The van der Waals surface area contributed by atoms with Crippen molar-refractivity contribution < 1.29 is 4.79 Å². The number of nitrogens with one attached hydrogen (secondary N) is 2. The van der Waals surface area contributed by atoms with Crippen LogP contribution in [0.3, 0.4) is 0 Å². The monoisotopic (exact) mass is 401 g/mol. The lowest BCUT2D eigenvalue weighted by atomic mass is 10.1. The van der Waals surface area contributed by atoms with E-state index in [1.54, 1.807) is 0 Å². The summed E-state index contributed by atoms with van der Waals surface area (Å²) in [6, 6.07) is 20.7. The molecule has 0 aliphatic heterocycles. The summed E-state index contributed by atoms with van der Waals surface area (Å²) < 4.78 is 3.30. The Kier molecular flexibility index (Phi) is 5.34. The number of benzene rings is 2. The zero-order chi connectivity index (χ0) is 21.1. The second-order valence-corrected chi connectivity index (χ2v) is 7.23. The molecule has 2 N–H and O–H groups in total. The van der Waals surface area contributed by atoms with Gasteiger partial charge in [0.2, 0.25) is 5.91 Å². The molecule has 0 aliphatic carbocycles. The average molecular weight is 401 g/mol. The minimum Gasteiger partial charge on any atom is -0.311 e. The van der Waals surface area contributed by atoms with Crippen molar-refractivity contribution >= 4 is 11.7 Å². The van der Waals surface area contributed by atoms with Crippen LogP contribution >= 0.6 is 0 Å². The van der Waals surface area contributed by atoms with Crippen LogP contribution in [0.15, 0.2) is 71.5 Å². The molecule has 2 aromatic carbocycles. The fourth-order valence-electron chi connectivity index (χ4n) is 3.39. The number of amides is 1. The van der Waals surface area contributed by atoms with E-state index in [4.69, 9.17) is 0 Å². The molecule has 4 rings (SSSR count). The van der Waals surface area contributed by atoms with Crippen molar-refractivity contribution in [3.05, 3.63) is 94.0 Å². The Morgan fingerprint density at radius 1 is 1.00 bits per heavy atom. The van der Waals surface area contributed by atoms with E-state index in [0.717, 1.165) is 22.6 Å². The van der Waals surface area contributed by atoms with Gasteiger partial charge in [-0.25, -0.2) is 9.36 Å². The third-order valence-corrected chi connectivity index (χ3v) is 4.84. The average Bonchev–Trinajstić information content (AvgIpc) is 3.28. The number of hydrogen-bond donors (Lipinski definition) is 2. The van der Waals surface area contributed by atoms with E-state index < -0.39 is 0 Å². The van der Waals surface area contributed by atoms with E-state index in [9.17, 15) is 9.59 Å². The molecule has 30 heavy (non-hydrogen) atoms. The van der Waals surface area contributed by atoms with Crippen LogP contribution in [0.5, 0.6) is 0 Å². The fraction of sp³-hybridized carbons (Fsp3) is 0.174. The third-order valence-electron chi connectivity index (χ3n) is 4.84. The van der Waals surface area contributed by atoms with E-state index in [0.29, 0.717) is 24.3 Å². The van der Waals surface area contributed by atoms with Gasteiger partial charge in [-0.3, -0.25) is 14.7 Å². The molecule has 0 spiro atoms. The van der Waals surface area contributed by atoms with E-state index in [-0.39, 0.29) is 11.5 Å². The van der Waals surface area contributed by atoms with Gasteiger partial charge >= 0.3 is 0 Å². The zero-order valence-corrected chi connectivity index (χ0v) is 16.9. The third kappa shape index (κ3) is 4.25. The standard InChI is InChI=1S/C23H23N5O2/c1-16-14-17(2)27(25-16)20-11-8-18(9-12-20)10-13-22(29)24-21-15-23(30)28(26-21)19-6-4-3-5-7-19/h3-9,11-12,14-15,26H,10,13H2,1-2H3,(H,24,29). The zero-order valence-electron chi connectivity index (χ0n) is 16.9. The Morgan fingerprint density at radius 3 is 2.40 bits per heavy atom. The van der Waals surface area contributed by atoms with Crippen LogP contribution in [0.4, 0.5) is 5.82 Å². The van der Waals surface area contributed by atoms with Gasteiger partial charge in [0.05, 0.1) is 17.1 Å². The Labute approximate surface area is 174 Å². The van der Waals surface area contributed by atoms with Crippen LogP contribution in [0, 0.1) is 13.8 Å². The summed E-state index contributed by atoms with van der Waals surface area (Å²) in [7, 11) is 0. The van der Waals surface area contributed by atoms with Gasteiger partial charge in [-0.15, -0.1) is 0 Å². The summed E-state index contributed by atoms with van der Waals surface area (Å²) in [5, 5.41) is 10.2. The van der Waals surface area contributed by atoms with Gasteiger partial charge in [0.15, 0.2) is 0 Å². The van der Waals surface area contributed by atoms with Crippen LogP contribution in [0.1, 0.15) is 23.4 Å². The van der Waals surface area contributed by atoms with Crippen LogP contribution in [-0.4, -0.2) is 25.5 Å². The number of hydrogen-bond acceptors (Lipinski definition) is 3. The SMILES string of the molecule is Cc1cc(C)n(-c2ccc(CCC(=O)Nc3cc(=O)n(-c4ccccc4)[nH]3)cc2)n1. The van der Waals surface area contributed by atoms with Crippen molar-refractivity contribution in [3.63, 3.8) is 0 Å². The van der Waals surface area contributed by atoms with Gasteiger partial charge in [0, 0.05) is 18.2 Å². The number of rotatable bonds is 6. The first-order chi connectivity index (χ1) is 14.5. The lowest BCUT2D eigenvalue weighted by Crippen LogP contribution is -2.14. The molecule has 0 saturated carbocycles. The topological polar surface area (TPSA) is 84.7 Å². The lowest BCUT2D eigenvalue weighted by molar-refractivity contribution is -0.116. The van der Waals surface area contributed by atoms with Crippen LogP contribution in [-0.2, 0) is 11.2 Å². The molecule has 0 fully saturated rings. The van der Waals surface area contributed by atoms with E-state index >= 15 is 0 Å². The number of anilines is 1. The quantitative estimate of drug-likeness (QED) is 0.518. The lowest BCUT2D eigenvalue weighted by Gasteiger charge is -2.07. The summed E-state index contributed by atoms with van der Waals surface area (Å²) in [6.07, 6.45) is 0.921. The summed E-state index contributed by atoms with van der Waals surface area (Å²) in [5.74, 6) is 0.229. The number of carbonyl (C=O) groups is 1. The minimum atomic E-state index is -0.226. The van der Waals surface area contributed by atoms with Crippen molar-refractivity contribution in [3.8, 4) is 11.4 Å². The normalized spacial score (nSPS) is 10.9. The predicted molar refractivity (Wildman–Crippen MR) is 116 cm³/mol. The first-order valence-electron chi connectivity index (χ1n) is 9.79. The van der Waals surface area contributed by atoms with Gasteiger partial charge < -0.3 is 5.32 Å². The van der Waals surface area contributed by atoms with Gasteiger partial charge in [-0.2, -0.15) is 5.10 Å². The van der Waals surface area contributed by atoms with Crippen LogP contribution in [0.25, 0.3) is 11.4 Å². The van der Waals surface area contributed by atoms with Gasteiger partial charge in [0.25, 0.3) is 5.56 Å². The van der Waals surface area contributed by atoms with E-state index in [1.165, 1.54) is 10.7 Å². The predicted octanol–water partition coefficient (Wildman–Crippen LogP) is 3.54. The summed E-state index contributed by atoms with van der Waals surface area (Å²) in [6.45, 7) is 3.99. The minimum absolute atomic E-state index is 0.154. The van der Waals surface area contributed by atoms with Crippen molar-refractivity contribution in [2.45, 2.75) is 26.7 Å². The Morgan fingerprint density at radius 2 is 1.73 bits per heavy atom. The molecule has 0 aliphatic rings. The molecule has 0 radical (unpaired) electrons. The summed E-state index contributed by atoms with van der Waals surface area (Å²) >= 11 is 0. The van der Waals surface area contributed by atoms with Crippen molar-refractivity contribution in [2.75, 3.05) is 5.32 Å². The molecule has 4 aromatic rings. The van der Waals surface area contributed by atoms with Gasteiger partial charge in [-0.05, 0) is 56.2 Å². The Balaban J connectivity index is 1.36. The fourth-order valence-corrected chi connectivity index (χ4v) is 3.39.